The molecule has 2 heterocycles. The van der Waals surface area contributed by atoms with E-state index in [-0.39, 0.29) is 5.69 Å². The predicted octanol–water partition coefficient (Wildman–Crippen LogP) is 3.76. The number of aryl methyl sites for hydroxylation is 1. The molecule has 1 atom stereocenters. The fourth-order valence-electron chi connectivity index (χ4n) is 3.88. The van der Waals surface area contributed by atoms with Gasteiger partial charge in [0, 0.05) is 19.1 Å². The highest BCUT2D eigenvalue weighted by molar-refractivity contribution is 5.74. The summed E-state index contributed by atoms with van der Waals surface area (Å²) in [6.07, 6.45) is 9.07. The number of unbranched alkanes of at least 4 members (excludes halogenated alkanes) is 1. The van der Waals surface area contributed by atoms with Crippen molar-refractivity contribution in [3.8, 4) is 0 Å². The van der Waals surface area contributed by atoms with E-state index in [1.807, 2.05) is 28.8 Å². The van der Waals surface area contributed by atoms with Gasteiger partial charge in [-0.3, -0.25) is 4.57 Å². The number of imidazole rings is 1. The Morgan fingerprint density at radius 2 is 2.04 bits per heavy atom. The Kier molecular flexibility index (Phi) is 5.55. The number of aromatic amines is 1. The molecule has 126 valence electrons. The number of hydrogen-bond donors (Lipinski definition) is 1. The number of piperidine rings is 1. The molecule has 0 bridgehead atoms. The van der Waals surface area contributed by atoms with Crippen LogP contribution in [0, 0.1) is 0 Å². The summed E-state index contributed by atoms with van der Waals surface area (Å²) in [5.41, 5.74) is 1.99. The van der Waals surface area contributed by atoms with E-state index in [0.717, 1.165) is 36.6 Å². The standard InChI is InChI=1S/C19H29N3O/c1-2-3-9-16-10-6-7-13-21(16)14-8-15-22-18-12-5-4-11-17(18)20-19(22)23/h4-5,11-12,16H,2-3,6-10,13-15H2,1H3,(H,20,23). The summed E-state index contributed by atoms with van der Waals surface area (Å²) in [5.74, 6) is 0. The first-order valence-electron chi connectivity index (χ1n) is 9.21. The fraction of sp³-hybridized carbons (Fsp3) is 0.632. The summed E-state index contributed by atoms with van der Waals surface area (Å²) in [7, 11) is 0. The van der Waals surface area contributed by atoms with Gasteiger partial charge in [0.05, 0.1) is 11.0 Å². The number of para-hydroxylation sites is 2. The highest BCUT2D eigenvalue weighted by Crippen LogP contribution is 2.21. The summed E-state index contributed by atoms with van der Waals surface area (Å²) >= 11 is 0. The van der Waals surface area contributed by atoms with Crippen LogP contribution in [0.25, 0.3) is 11.0 Å². The largest absolute Gasteiger partial charge is 0.326 e. The Balaban J connectivity index is 1.59. The van der Waals surface area contributed by atoms with E-state index in [9.17, 15) is 4.79 Å². The maximum absolute atomic E-state index is 12.1. The average molecular weight is 315 g/mol. The summed E-state index contributed by atoms with van der Waals surface area (Å²) in [6, 6.07) is 8.73. The molecule has 1 saturated heterocycles. The number of fused-ring (bicyclic) bond motifs is 1. The monoisotopic (exact) mass is 315 g/mol. The minimum atomic E-state index is 0.0207. The quantitative estimate of drug-likeness (QED) is 0.845. The van der Waals surface area contributed by atoms with Gasteiger partial charge in [0.2, 0.25) is 0 Å². The molecule has 23 heavy (non-hydrogen) atoms. The molecule has 1 N–H and O–H groups in total. The van der Waals surface area contributed by atoms with Crippen LogP contribution in [0.1, 0.15) is 51.9 Å². The van der Waals surface area contributed by atoms with Crippen molar-refractivity contribution < 1.29 is 0 Å². The molecule has 0 radical (unpaired) electrons. The van der Waals surface area contributed by atoms with Gasteiger partial charge in [0.15, 0.2) is 0 Å². The number of hydrogen-bond acceptors (Lipinski definition) is 2. The van der Waals surface area contributed by atoms with Gasteiger partial charge in [-0.1, -0.05) is 38.3 Å². The summed E-state index contributed by atoms with van der Waals surface area (Å²) in [5, 5.41) is 0. The topological polar surface area (TPSA) is 41.0 Å². The van der Waals surface area contributed by atoms with Crippen LogP contribution in [0.15, 0.2) is 29.1 Å². The van der Waals surface area contributed by atoms with Gasteiger partial charge in [-0.05, 0) is 44.4 Å². The van der Waals surface area contributed by atoms with Gasteiger partial charge in [-0.2, -0.15) is 0 Å². The molecule has 1 aliphatic rings. The molecule has 1 unspecified atom stereocenters. The zero-order valence-corrected chi connectivity index (χ0v) is 14.3. The van der Waals surface area contributed by atoms with Gasteiger partial charge in [-0.15, -0.1) is 0 Å². The Morgan fingerprint density at radius 3 is 2.91 bits per heavy atom. The second-order valence-electron chi connectivity index (χ2n) is 6.78. The van der Waals surface area contributed by atoms with Crippen molar-refractivity contribution in [2.75, 3.05) is 13.1 Å². The molecule has 4 nitrogen and oxygen atoms in total. The second-order valence-corrected chi connectivity index (χ2v) is 6.78. The zero-order valence-electron chi connectivity index (χ0n) is 14.3. The van der Waals surface area contributed by atoms with Crippen molar-refractivity contribution >= 4 is 11.0 Å². The van der Waals surface area contributed by atoms with Gasteiger partial charge in [-0.25, -0.2) is 4.79 Å². The first-order chi connectivity index (χ1) is 11.3. The molecule has 1 aliphatic heterocycles. The Morgan fingerprint density at radius 1 is 1.17 bits per heavy atom. The smallest absolute Gasteiger partial charge is 0.306 e. The Labute approximate surface area is 138 Å². The molecule has 1 fully saturated rings. The Hall–Kier alpha value is -1.55. The maximum atomic E-state index is 12.1. The lowest BCUT2D eigenvalue weighted by molar-refractivity contribution is 0.135. The average Bonchev–Trinajstić information content (AvgIpc) is 2.90. The normalized spacial score (nSPS) is 19.4. The van der Waals surface area contributed by atoms with Crippen LogP contribution in [-0.2, 0) is 6.54 Å². The number of rotatable bonds is 7. The van der Waals surface area contributed by atoms with Crippen LogP contribution in [-0.4, -0.2) is 33.6 Å². The van der Waals surface area contributed by atoms with E-state index in [4.69, 9.17) is 0 Å². The number of nitrogens with zero attached hydrogens (tertiary/aromatic N) is 2. The van der Waals surface area contributed by atoms with Crippen LogP contribution in [0.2, 0.25) is 0 Å². The van der Waals surface area contributed by atoms with Gasteiger partial charge in [0.25, 0.3) is 0 Å². The molecular formula is C19H29N3O. The highest BCUT2D eigenvalue weighted by atomic mass is 16.1. The second kappa shape index (κ2) is 7.82. The fourth-order valence-corrected chi connectivity index (χ4v) is 3.88. The van der Waals surface area contributed by atoms with Crippen molar-refractivity contribution in [3.05, 3.63) is 34.7 Å². The van der Waals surface area contributed by atoms with E-state index < -0.39 is 0 Å². The first-order valence-corrected chi connectivity index (χ1v) is 9.21. The van der Waals surface area contributed by atoms with Crippen molar-refractivity contribution in [2.24, 2.45) is 0 Å². The molecule has 3 rings (SSSR count). The molecule has 1 aromatic heterocycles. The number of benzene rings is 1. The third-order valence-corrected chi connectivity index (χ3v) is 5.15. The number of likely N-dealkylation sites (tertiary alicyclic amines) is 1. The van der Waals surface area contributed by atoms with E-state index in [0.29, 0.717) is 0 Å². The lowest BCUT2D eigenvalue weighted by Crippen LogP contribution is -2.40. The minimum Gasteiger partial charge on any atom is -0.306 e. The van der Waals surface area contributed by atoms with Crippen LogP contribution in [0.3, 0.4) is 0 Å². The van der Waals surface area contributed by atoms with Crippen LogP contribution in [0.5, 0.6) is 0 Å². The summed E-state index contributed by atoms with van der Waals surface area (Å²) in [6.45, 7) is 5.42. The SMILES string of the molecule is CCCCC1CCCCN1CCCn1c(=O)[nH]c2ccccc21. The molecular weight excluding hydrogens is 286 g/mol. The number of aromatic nitrogens is 2. The van der Waals surface area contributed by atoms with E-state index >= 15 is 0 Å². The minimum absolute atomic E-state index is 0.0207. The molecule has 0 aliphatic carbocycles. The molecule has 0 spiro atoms. The van der Waals surface area contributed by atoms with Crippen molar-refractivity contribution in [3.63, 3.8) is 0 Å². The van der Waals surface area contributed by atoms with Gasteiger partial charge < -0.3 is 9.88 Å². The maximum Gasteiger partial charge on any atom is 0.326 e. The van der Waals surface area contributed by atoms with Gasteiger partial charge in [0.1, 0.15) is 0 Å². The van der Waals surface area contributed by atoms with Crippen LogP contribution >= 0.6 is 0 Å². The van der Waals surface area contributed by atoms with Gasteiger partial charge >= 0.3 is 5.69 Å². The number of nitrogens with one attached hydrogen (secondary N) is 1. The molecule has 0 amide bonds. The van der Waals surface area contributed by atoms with Crippen molar-refractivity contribution in [2.45, 2.75) is 64.5 Å². The molecule has 0 saturated carbocycles. The number of H-pyrrole nitrogens is 1. The van der Waals surface area contributed by atoms with Crippen LogP contribution < -0.4 is 5.69 Å². The summed E-state index contributed by atoms with van der Waals surface area (Å²) < 4.78 is 1.89. The third-order valence-electron chi connectivity index (χ3n) is 5.15. The van der Waals surface area contributed by atoms with Crippen molar-refractivity contribution in [1.29, 1.82) is 0 Å². The molecule has 1 aromatic carbocycles. The third kappa shape index (κ3) is 3.86. The zero-order chi connectivity index (χ0) is 16.1. The first kappa shape index (κ1) is 16.3. The highest BCUT2D eigenvalue weighted by Gasteiger charge is 2.21. The van der Waals surface area contributed by atoms with E-state index in [1.54, 1.807) is 0 Å². The molecule has 2 aromatic rings. The van der Waals surface area contributed by atoms with Crippen molar-refractivity contribution in [1.82, 2.24) is 14.5 Å². The summed E-state index contributed by atoms with van der Waals surface area (Å²) in [4.78, 5) is 17.7. The van der Waals surface area contributed by atoms with E-state index in [2.05, 4.69) is 16.8 Å². The van der Waals surface area contributed by atoms with Crippen LogP contribution in [0.4, 0.5) is 0 Å². The Bertz CT molecular complexity index is 673. The molecule has 4 heteroatoms. The lowest BCUT2D eigenvalue weighted by Gasteiger charge is -2.36. The predicted molar refractivity (Wildman–Crippen MR) is 95.9 cm³/mol. The lowest BCUT2D eigenvalue weighted by atomic mass is 9.97. The van der Waals surface area contributed by atoms with E-state index in [1.165, 1.54) is 45.1 Å².